The smallest absolute Gasteiger partial charge is 0.229 e. The Morgan fingerprint density at radius 3 is 2.40 bits per heavy atom. The van der Waals surface area contributed by atoms with Gasteiger partial charge in [-0.1, -0.05) is 36.8 Å². The summed E-state index contributed by atoms with van der Waals surface area (Å²) in [7, 11) is 0. The second-order valence-electron chi connectivity index (χ2n) is 6.32. The zero-order valence-electron chi connectivity index (χ0n) is 11.9. The number of piperidine rings is 1. The van der Waals surface area contributed by atoms with Crippen molar-refractivity contribution < 1.29 is 9.90 Å². The predicted octanol–water partition coefficient (Wildman–Crippen LogP) is 2.38. The minimum absolute atomic E-state index is 0.163. The van der Waals surface area contributed by atoms with Crippen molar-refractivity contribution in [3.05, 3.63) is 35.9 Å². The summed E-state index contributed by atoms with van der Waals surface area (Å²) in [4.78, 5) is 14.8. The van der Waals surface area contributed by atoms with Gasteiger partial charge in [0.15, 0.2) is 0 Å². The van der Waals surface area contributed by atoms with Crippen LogP contribution in [0.25, 0.3) is 0 Å². The van der Waals surface area contributed by atoms with E-state index in [0.717, 1.165) is 51.6 Å². The number of likely N-dealkylation sites (tertiary alicyclic amines) is 1. The third kappa shape index (κ3) is 2.59. The molecule has 1 aromatic rings. The van der Waals surface area contributed by atoms with E-state index in [1.165, 1.54) is 5.56 Å². The highest BCUT2D eigenvalue weighted by Gasteiger charge is 2.46. The van der Waals surface area contributed by atoms with Crippen molar-refractivity contribution in [3.8, 4) is 0 Å². The van der Waals surface area contributed by atoms with Gasteiger partial charge in [0.2, 0.25) is 5.91 Å². The molecular weight excluding hydrogens is 250 g/mol. The summed E-state index contributed by atoms with van der Waals surface area (Å²) in [6, 6.07) is 10.3. The average molecular weight is 273 g/mol. The van der Waals surface area contributed by atoms with E-state index >= 15 is 0 Å². The highest BCUT2D eigenvalue weighted by Crippen LogP contribution is 2.45. The predicted molar refractivity (Wildman–Crippen MR) is 78.3 cm³/mol. The molecule has 1 saturated carbocycles. The molecule has 1 amide bonds. The van der Waals surface area contributed by atoms with E-state index < -0.39 is 0 Å². The van der Waals surface area contributed by atoms with E-state index in [-0.39, 0.29) is 11.5 Å². The summed E-state index contributed by atoms with van der Waals surface area (Å²) < 4.78 is 0. The molecule has 3 nitrogen and oxygen atoms in total. The van der Waals surface area contributed by atoms with E-state index in [4.69, 9.17) is 0 Å². The molecule has 3 rings (SSSR count). The number of rotatable bonds is 3. The summed E-state index contributed by atoms with van der Waals surface area (Å²) in [5.74, 6) is 0.319. The first kappa shape index (κ1) is 13.6. The molecule has 108 valence electrons. The topological polar surface area (TPSA) is 40.5 Å². The normalized spacial score (nSPS) is 22.4. The minimum Gasteiger partial charge on any atom is -0.393 e. The molecule has 0 spiro atoms. The Hall–Kier alpha value is -1.35. The van der Waals surface area contributed by atoms with Crippen LogP contribution in [0.15, 0.2) is 30.3 Å². The van der Waals surface area contributed by atoms with Crippen LogP contribution >= 0.6 is 0 Å². The Bertz CT molecular complexity index is 459. The lowest BCUT2D eigenvalue weighted by atomic mass is 9.64. The van der Waals surface area contributed by atoms with Gasteiger partial charge < -0.3 is 10.0 Å². The second-order valence-corrected chi connectivity index (χ2v) is 6.32. The number of nitrogens with zero attached hydrogens (tertiary/aromatic N) is 1. The molecule has 0 atom stereocenters. The molecule has 1 N–H and O–H groups in total. The van der Waals surface area contributed by atoms with Gasteiger partial charge in [-0.15, -0.1) is 0 Å². The van der Waals surface area contributed by atoms with Gasteiger partial charge in [0.1, 0.15) is 0 Å². The number of carbonyl (C=O) groups excluding carboxylic acids is 1. The highest BCUT2D eigenvalue weighted by molar-refractivity contribution is 5.84. The standard InChI is InChI=1S/C17H23NO2/c19-15-7-11-18(12-8-15)16(20)17(9-4-10-17)13-14-5-2-1-3-6-14/h1-3,5-6,15,19H,4,7-13H2. The van der Waals surface area contributed by atoms with Crippen molar-refractivity contribution in [2.24, 2.45) is 5.41 Å². The Kier molecular flexibility index (Phi) is 3.79. The Labute approximate surface area is 120 Å². The van der Waals surface area contributed by atoms with Crippen LogP contribution in [0.2, 0.25) is 0 Å². The SMILES string of the molecule is O=C(N1CCC(O)CC1)C1(Cc2ccccc2)CCC1. The lowest BCUT2D eigenvalue weighted by Gasteiger charge is -2.45. The number of carbonyl (C=O) groups is 1. The summed E-state index contributed by atoms with van der Waals surface area (Å²) >= 11 is 0. The van der Waals surface area contributed by atoms with Crippen molar-refractivity contribution in [2.75, 3.05) is 13.1 Å². The molecule has 2 fully saturated rings. The van der Waals surface area contributed by atoms with Crippen LogP contribution in [-0.4, -0.2) is 35.1 Å². The summed E-state index contributed by atoms with van der Waals surface area (Å²) in [5, 5.41) is 9.58. The Morgan fingerprint density at radius 2 is 1.85 bits per heavy atom. The van der Waals surface area contributed by atoms with Gasteiger partial charge in [-0.3, -0.25) is 4.79 Å². The van der Waals surface area contributed by atoms with E-state index in [0.29, 0.717) is 5.91 Å². The number of aliphatic hydroxyl groups excluding tert-OH is 1. The molecule has 2 aliphatic rings. The van der Waals surface area contributed by atoms with Gasteiger partial charge in [0.25, 0.3) is 0 Å². The zero-order valence-corrected chi connectivity index (χ0v) is 11.9. The Morgan fingerprint density at radius 1 is 1.20 bits per heavy atom. The average Bonchev–Trinajstić information content (AvgIpc) is 2.44. The van der Waals surface area contributed by atoms with Crippen LogP contribution in [0.5, 0.6) is 0 Å². The summed E-state index contributed by atoms with van der Waals surface area (Å²) in [6.07, 6.45) is 5.30. The number of amides is 1. The molecule has 0 aromatic heterocycles. The van der Waals surface area contributed by atoms with E-state index in [2.05, 4.69) is 12.1 Å². The van der Waals surface area contributed by atoms with Crippen molar-refractivity contribution in [1.29, 1.82) is 0 Å². The minimum atomic E-state index is -0.217. The third-order valence-electron chi connectivity index (χ3n) is 4.90. The molecule has 20 heavy (non-hydrogen) atoms. The molecule has 1 aliphatic carbocycles. The molecule has 1 aliphatic heterocycles. The van der Waals surface area contributed by atoms with E-state index in [1.54, 1.807) is 0 Å². The zero-order chi connectivity index (χ0) is 14.0. The number of hydrogen-bond acceptors (Lipinski definition) is 2. The van der Waals surface area contributed by atoms with E-state index in [1.807, 2.05) is 23.1 Å². The van der Waals surface area contributed by atoms with Gasteiger partial charge >= 0.3 is 0 Å². The monoisotopic (exact) mass is 273 g/mol. The fourth-order valence-electron chi connectivity index (χ4n) is 3.46. The maximum absolute atomic E-state index is 12.9. The lowest BCUT2D eigenvalue weighted by molar-refractivity contribution is -0.149. The summed E-state index contributed by atoms with van der Waals surface area (Å²) in [6.45, 7) is 1.44. The second kappa shape index (κ2) is 5.57. The van der Waals surface area contributed by atoms with Crippen LogP contribution < -0.4 is 0 Å². The number of benzene rings is 1. The maximum atomic E-state index is 12.9. The fourth-order valence-corrected chi connectivity index (χ4v) is 3.46. The van der Waals surface area contributed by atoms with Crippen molar-refractivity contribution >= 4 is 5.91 Å². The molecule has 0 bridgehead atoms. The largest absolute Gasteiger partial charge is 0.393 e. The first-order valence-corrected chi connectivity index (χ1v) is 7.71. The molecular formula is C17H23NO2. The Balaban J connectivity index is 1.70. The van der Waals surface area contributed by atoms with Gasteiger partial charge in [-0.25, -0.2) is 0 Å². The highest BCUT2D eigenvalue weighted by atomic mass is 16.3. The van der Waals surface area contributed by atoms with Crippen LogP contribution in [0.3, 0.4) is 0 Å². The van der Waals surface area contributed by atoms with Crippen molar-refractivity contribution in [2.45, 2.75) is 44.6 Å². The van der Waals surface area contributed by atoms with Crippen LogP contribution in [0, 0.1) is 5.41 Å². The lowest BCUT2D eigenvalue weighted by Crippen LogP contribution is -2.52. The van der Waals surface area contributed by atoms with Gasteiger partial charge in [0.05, 0.1) is 11.5 Å². The number of aliphatic hydroxyl groups is 1. The van der Waals surface area contributed by atoms with E-state index in [9.17, 15) is 9.90 Å². The number of hydrogen-bond donors (Lipinski definition) is 1. The third-order valence-corrected chi connectivity index (χ3v) is 4.90. The molecule has 0 unspecified atom stereocenters. The maximum Gasteiger partial charge on any atom is 0.229 e. The van der Waals surface area contributed by atoms with Gasteiger partial charge in [-0.05, 0) is 37.7 Å². The molecule has 1 saturated heterocycles. The molecule has 1 heterocycles. The van der Waals surface area contributed by atoms with Gasteiger partial charge in [-0.2, -0.15) is 0 Å². The van der Waals surface area contributed by atoms with Crippen LogP contribution in [0.4, 0.5) is 0 Å². The van der Waals surface area contributed by atoms with Crippen molar-refractivity contribution in [3.63, 3.8) is 0 Å². The molecule has 0 radical (unpaired) electrons. The quantitative estimate of drug-likeness (QED) is 0.918. The van der Waals surface area contributed by atoms with Crippen LogP contribution in [-0.2, 0) is 11.2 Å². The first-order chi connectivity index (χ1) is 9.70. The fraction of sp³-hybridized carbons (Fsp3) is 0.588. The first-order valence-electron chi connectivity index (χ1n) is 7.71. The molecule has 1 aromatic carbocycles. The summed E-state index contributed by atoms with van der Waals surface area (Å²) in [5.41, 5.74) is 1.10. The van der Waals surface area contributed by atoms with Gasteiger partial charge in [0, 0.05) is 13.1 Å². The molecule has 3 heteroatoms. The van der Waals surface area contributed by atoms with Crippen LogP contribution in [0.1, 0.15) is 37.7 Å². The van der Waals surface area contributed by atoms with Crippen molar-refractivity contribution in [1.82, 2.24) is 4.90 Å².